The number of carbonyl (C=O) groups is 2. The van der Waals surface area contributed by atoms with E-state index in [1.165, 1.54) is 0 Å². The quantitative estimate of drug-likeness (QED) is 0.818. The Hall–Kier alpha value is -1.63. The highest BCUT2D eigenvalue weighted by Gasteiger charge is 2.39. The van der Waals surface area contributed by atoms with Crippen molar-refractivity contribution in [2.24, 2.45) is 11.1 Å². The molecule has 1 atom stereocenters. The van der Waals surface area contributed by atoms with Crippen LogP contribution in [0, 0.1) is 5.41 Å². The number of carbonyl (C=O) groups excluding carboxylic acids is 2. The number of hydrogen-bond donors (Lipinski definition) is 2. The third-order valence-electron chi connectivity index (χ3n) is 5.43. The molecule has 2 heterocycles. The standard InChI is InChI=1S/C19H27N3O3.ClH/c1-14(21-18(24)19(13-20)7-10-25-11-8-19)15-4-2-5-16(12-15)22-9-3-6-17(22)23;/h2,4-5,12,14H,3,6-11,13,20H2,1H3,(H,21,24);1H. The van der Waals surface area contributed by atoms with E-state index in [9.17, 15) is 9.59 Å². The van der Waals surface area contributed by atoms with Gasteiger partial charge >= 0.3 is 0 Å². The maximum Gasteiger partial charge on any atom is 0.228 e. The van der Waals surface area contributed by atoms with Crippen LogP contribution >= 0.6 is 12.4 Å². The Labute approximate surface area is 160 Å². The molecular weight excluding hydrogens is 354 g/mol. The predicted molar refractivity (Wildman–Crippen MR) is 103 cm³/mol. The van der Waals surface area contributed by atoms with Crippen molar-refractivity contribution in [3.05, 3.63) is 29.8 Å². The molecule has 1 aromatic rings. The molecule has 2 saturated heterocycles. The van der Waals surface area contributed by atoms with Crippen LogP contribution in [0.5, 0.6) is 0 Å². The van der Waals surface area contributed by atoms with Gasteiger partial charge in [0.15, 0.2) is 0 Å². The van der Waals surface area contributed by atoms with Crippen LogP contribution in [0.4, 0.5) is 5.69 Å². The topological polar surface area (TPSA) is 84.7 Å². The second kappa shape index (κ2) is 8.84. The fourth-order valence-corrected chi connectivity index (χ4v) is 3.60. The maximum atomic E-state index is 12.8. The summed E-state index contributed by atoms with van der Waals surface area (Å²) in [5.41, 5.74) is 7.28. The lowest BCUT2D eigenvalue weighted by Crippen LogP contribution is -2.49. The molecule has 6 nitrogen and oxygen atoms in total. The van der Waals surface area contributed by atoms with Gasteiger partial charge in [-0.25, -0.2) is 0 Å². The second-order valence-electron chi connectivity index (χ2n) is 7.04. The van der Waals surface area contributed by atoms with Crippen molar-refractivity contribution in [3.8, 4) is 0 Å². The molecule has 2 fully saturated rings. The first kappa shape index (κ1) is 20.7. The third kappa shape index (κ3) is 4.19. The zero-order valence-electron chi connectivity index (χ0n) is 15.2. The van der Waals surface area contributed by atoms with Gasteiger partial charge in [-0.05, 0) is 43.9 Å². The maximum absolute atomic E-state index is 12.8. The van der Waals surface area contributed by atoms with Crippen molar-refractivity contribution < 1.29 is 14.3 Å². The van der Waals surface area contributed by atoms with Crippen LogP contribution in [-0.2, 0) is 14.3 Å². The highest BCUT2D eigenvalue weighted by atomic mass is 35.5. The minimum absolute atomic E-state index is 0. The summed E-state index contributed by atoms with van der Waals surface area (Å²) < 4.78 is 5.38. The highest BCUT2D eigenvalue weighted by Crippen LogP contribution is 2.31. The van der Waals surface area contributed by atoms with Gasteiger partial charge in [-0.2, -0.15) is 0 Å². The molecular formula is C19H28ClN3O3. The van der Waals surface area contributed by atoms with Crippen LogP contribution in [0.15, 0.2) is 24.3 Å². The fraction of sp³-hybridized carbons (Fsp3) is 0.579. The summed E-state index contributed by atoms with van der Waals surface area (Å²) in [6.07, 6.45) is 2.82. The number of nitrogens with one attached hydrogen (secondary N) is 1. The number of anilines is 1. The Morgan fingerprint density at radius 2 is 2.12 bits per heavy atom. The molecule has 1 aromatic carbocycles. The molecule has 0 saturated carbocycles. The lowest BCUT2D eigenvalue weighted by molar-refractivity contribution is -0.136. The molecule has 0 spiro atoms. The first-order chi connectivity index (χ1) is 12.1. The van der Waals surface area contributed by atoms with E-state index in [2.05, 4.69) is 5.32 Å². The van der Waals surface area contributed by atoms with E-state index in [-0.39, 0.29) is 30.3 Å². The average Bonchev–Trinajstić information content (AvgIpc) is 3.08. The lowest BCUT2D eigenvalue weighted by atomic mass is 9.79. The molecule has 2 amide bonds. The molecule has 3 rings (SSSR count). The molecule has 1 unspecified atom stereocenters. The van der Waals surface area contributed by atoms with Gasteiger partial charge in [-0.3, -0.25) is 9.59 Å². The SMILES string of the molecule is CC(NC(=O)C1(CN)CCOCC1)c1cccc(N2CCCC2=O)c1.Cl. The van der Waals surface area contributed by atoms with Gasteiger partial charge in [0.2, 0.25) is 11.8 Å². The molecule has 26 heavy (non-hydrogen) atoms. The van der Waals surface area contributed by atoms with Gasteiger partial charge in [-0.15, -0.1) is 12.4 Å². The van der Waals surface area contributed by atoms with Crippen molar-refractivity contribution >= 4 is 29.9 Å². The van der Waals surface area contributed by atoms with E-state index in [1.54, 1.807) is 0 Å². The van der Waals surface area contributed by atoms with Crippen LogP contribution in [-0.4, -0.2) is 38.1 Å². The second-order valence-corrected chi connectivity index (χ2v) is 7.04. The number of amides is 2. The number of rotatable bonds is 5. The summed E-state index contributed by atoms with van der Waals surface area (Å²) in [5.74, 6) is 0.159. The summed E-state index contributed by atoms with van der Waals surface area (Å²) in [6.45, 7) is 4.21. The van der Waals surface area contributed by atoms with Crippen molar-refractivity contribution in [3.63, 3.8) is 0 Å². The summed E-state index contributed by atoms with van der Waals surface area (Å²) in [5, 5.41) is 3.11. The van der Waals surface area contributed by atoms with Gasteiger partial charge in [0.1, 0.15) is 0 Å². The Balaban J connectivity index is 0.00000243. The number of halogens is 1. The Morgan fingerprint density at radius 3 is 2.73 bits per heavy atom. The molecule has 0 radical (unpaired) electrons. The van der Waals surface area contributed by atoms with Gasteiger partial charge in [-0.1, -0.05) is 12.1 Å². The minimum atomic E-state index is -0.533. The number of benzene rings is 1. The van der Waals surface area contributed by atoms with Gasteiger partial charge in [0.05, 0.1) is 11.5 Å². The normalized spacial score (nSPS) is 20.4. The first-order valence-corrected chi connectivity index (χ1v) is 9.05. The molecule has 0 bridgehead atoms. The largest absolute Gasteiger partial charge is 0.381 e. The Bertz CT molecular complexity index is 647. The van der Waals surface area contributed by atoms with E-state index < -0.39 is 5.41 Å². The molecule has 3 N–H and O–H groups in total. The van der Waals surface area contributed by atoms with Crippen molar-refractivity contribution in [1.29, 1.82) is 0 Å². The molecule has 0 aliphatic carbocycles. The molecule has 7 heteroatoms. The molecule has 144 valence electrons. The van der Waals surface area contributed by atoms with Crippen LogP contribution in [0.1, 0.15) is 44.2 Å². The first-order valence-electron chi connectivity index (χ1n) is 9.05. The van der Waals surface area contributed by atoms with E-state index in [1.807, 2.05) is 36.1 Å². The van der Waals surface area contributed by atoms with Gasteiger partial charge in [0.25, 0.3) is 0 Å². The highest BCUT2D eigenvalue weighted by molar-refractivity contribution is 5.95. The van der Waals surface area contributed by atoms with Gasteiger partial charge < -0.3 is 20.7 Å². The van der Waals surface area contributed by atoms with Crippen molar-refractivity contribution in [2.45, 2.75) is 38.6 Å². The van der Waals surface area contributed by atoms with Gasteiger partial charge in [0, 0.05) is 38.4 Å². The van der Waals surface area contributed by atoms with E-state index in [0.29, 0.717) is 39.0 Å². The van der Waals surface area contributed by atoms with E-state index in [4.69, 9.17) is 10.5 Å². The smallest absolute Gasteiger partial charge is 0.228 e. The van der Waals surface area contributed by atoms with Crippen molar-refractivity contribution in [2.75, 3.05) is 31.2 Å². The lowest BCUT2D eigenvalue weighted by Gasteiger charge is -2.35. The minimum Gasteiger partial charge on any atom is -0.381 e. The number of nitrogens with zero attached hydrogens (tertiary/aromatic N) is 1. The molecule has 2 aliphatic rings. The molecule has 0 aromatic heterocycles. The average molecular weight is 382 g/mol. The number of ether oxygens (including phenoxy) is 1. The third-order valence-corrected chi connectivity index (χ3v) is 5.43. The summed E-state index contributed by atoms with van der Waals surface area (Å²) >= 11 is 0. The monoisotopic (exact) mass is 381 g/mol. The van der Waals surface area contributed by atoms with E-state index in [0.717, 1.165) is 24.2 Å². The number of nitrogens with two attached hydrogens (primary N) is 1. The summed E-state index contributed by atoms with van der Waals surface area (Å²) in [7, 11) is 0. The summed E-state index contributed by atoms with van der Waals surface area (Å²) in [6, 6.07) is 7.71. The van der Waals surface area contributed by atoms with Crippen molar-refractivity contribution in [1.82, 2.24) is 5.32 Å². The predicted octanol–water partition coefficient (Wildman–Crippen LogP) is 2.17. The van der Waals surface area contributed by atoms with Crippen LogP contribution in [0.25, 0.3) is 0 Å². The zero-order chi connectivity index (χ0) is 17.9. The van der Waals surface area contributed by atoms with Crippen LogP contribution in [0.3, 0.4) is 0 Å². The Morgan fingerprint density at radius 1 is 1.38 bits per heavy atom. The van der Waals surface area contributed by atoms with Crippen LogP contribution in [0.2, 0.25) is 0 Å². The zero-order valence-corrected chi connectivity index (χ0v) is 16.0. The fourth-order valence-electron chi connectivity index (χ4n) is 3.60. The van der Waals surface area contributed by atoms with E-state index >= 15 is 0 Å². The Kier molecular flexibility index (Phi) is 7.03. The van der Waals surface area contributed by atoms with Crippen LogP contribution < -0.4 is 16.0 Å². The molecule has 2 aliphatic heterocycles. The number of hydrogen-bond acceptors (Lipinski definition) is 4. The summed E-state index contributed by atoms with van der Waals surface area (Å²) in [4.78, 5) is 26.6.